The average Bonchev–Trinajstić information content (AvgIpc) is 2.67. The van der Waals surface area contributed by atoms with Crippen LogP contribution in [-0.2, 0) is 6.54 Å². The van der Waals surface area contributed by atoms with Crippen molar-refractivity contribution in [1.29, 1.82) is 0 Å². The van der Waals surface area contributed by atoms with Crippen LogP contribution in [0.2, 0.25) is 5.02 Å². The zero-order valence-corrected chi connectivity index (χ0v) is 13.3. The fraction of sp³-hybridized carbons (Fsp3) is 0.625. The van der Waals surface area contributed by atoms with Crippen LogP contribution >= 0.6 is 11.6 Å². The Morgan fingerprint density at radius 3 is 2.90 bits per heavy atom. The molecule has 4 nitrogen and oxygen atoms in total. The largest absolute Gasteiger partial charge is 0.299 e. The van der Waals surface area contributed by atoms with Gasteiger partial charge in [-0.25, -0.2) is 0 Å². The molecule has 0 bridgehead atoms. The molecule has 1 saturated heterocycles. The van der Waals surface area contributed by atoms with Crippen molar-refractivity contribution in [2.24, 2.45) is 5.92 Å². The Morgan fingerprint density at radius 1 is 1.38 bits per heavy atom. The number of nitro benzene ring substituents is 1. The van der Waals surface area contributed by atoms with Gasteiger partial charge in [0, 0.05) is 23.7 Å². The fourth-order valence-electron chi connectivity index (χ4n) is 3.12. The van der Waals surface area contributed by atoms with Gasteiger partial charge in [0.2, 0.25) is 0 Å². The number of likely N-dealkylation sites (tertiary alicyclic amines) is 1. The molecule has 21 heavy (non-hydrogen) atoms. The molecule has 1 aromatic carbocycles. The molecule has 1 aliphatic heterocycles. The lowest BCUT2D eigenvalue weighted by Gasteiger charge is -2.20. The molecular formula is C16H23ClN2O2. The van der Waals surface area contributed by atoms with Crippen LogP contribution in [0.1, 0.15) is 44.6 Å². The smallest absolute Gasteiger partial charge is 0.269 e. The highest BCUT2D eigenvalue weighted by Crippen LogP contribution is 2.26. The second-order valence-electron chi connectivity index (χ2n) is 5.89. The SMILES string of the molecule is CCCC1CCCN(Cc2cc([N+](=O)[O-])ccc2Cl)CC1. The molecular weight excluding hydrogens is 288 g/mol. The first-order chi connectivity index (χ1) is 10.1. The molecule has 0 N–H and O–H groups in total. The summed E-state index contributed by atoms with van der Waals surface area (Å²) in [6.45, 7) is 5.06. The lowest BCUT2D eigenvalue weighted by atomic mass is 9.96. The summed E-state index contributed by atoms with van der Waals surface area (Å²) in [7, 11) is 0. The van der Waals surface area contributed by atoms with Gasteiger partial charge in [0.25, 0.3) is 5.69 Å². The Morgan fingerprint density at radius 2 is 2.19 bits per heavy atom. The molecule has 0 aliphatic carbocycles. The van der Waals surface area contributed by atoms with E-state index in [-0.39, 0.29) is 10.6 Å². The standard InChI is InChI=1S/C16H23ClN2O2/c1-2-4-13-5-3-9-18(10-8-13)12-14-11-15(19(20)21)6-7-16(14)17/h6-7,11,13H,2-5,8-10,12H2,1H3. The molecule has 1 unspecified atom stereocenters. The van der Waals surface area contributed by atoms with Crippen LogP contribution in [0.25, 0.3) is 0 Å². The van der Waals surface area contributed by atoms with E-state index >= 15 is 0 Å². The highest BCUT2D eigenvalue weighted by molar-refractivity contribution is 6.31. The normalized spacial score (nSPS) is 20.2. The van der Waals surface area contributed by atoms with Crippen LogP contribution in [0.5, 0.6) is 0 Å². The number of rotatable bonds is 5. The Bertz CT molecular complexity index is 493. The molecule has 0 saturated carbocycles. The molecule has 0 aromatic heterocycles. The van der Waals surface area contributed by atoms with Gasteiger partial charge in [-0.15, -0.1) is 0 Å². The van der Waals surface area contributed by atoms with Gasteiger partial charge in [-0.3, -0.25) is 15.0 Å². The summed E-state index contributed by atoms with van der Waals surface area (Å²) >= 11 is 6.19. The van der Waals surface area contributed by atoms with Gasteiger partial charge in [0.05, 0.1) is 4.92 Å². The summed E-state index contributed by atoms with van der Waals surface area (Å²) in [6, 6.07) is 4.70. The second-order valence-corrected chi connectivity index (χ2v) is 6.30. The number of nitro groups is 1. The average molecular weight is 311 g/mol. The lowest BCUT2D eigenvalue weighted by Crippen LogP contribution is -2.24. The molecule has 1 fully saturated rings. The topological polar surface area (TPSA) is 46.4 Å². The first-order valence-corrected chi connectivity index (χ1v) is 8.13. The molecule has 0 radical (unpaired) electrons. The van der Waals surface area contributed by atoms with Crippen molar-refractivity contribution in [1.82, 2.24) is 4.90 Å². The van der Waals surface area contributed by atoms with Crippen molar-refractivity contribution in [3.05, 3.63) is 38.9 Å². The van der Waals surface area contributed by atoms with Crippen molar-refractivity contribution in [3.8, 4) is 0 Å². The molecule has 1 aromatic rings. The van der Waals surface area contributed by atoms with E-state index in [1.807, 2.05) is 0 Å². The van der Waals surface area contributed by atoms with Gasteiger partial charge in [-0.05, 0) is 49.9 Å². The number of non-ortho nitro benzene ring substituents is 1. The molecule has 1 aliphatic rings. The summed E-state index contributed by atoms with van der Waals surface area (Å²) in [5, 5.41) is 11.5. The van der Waals surface area contributed by atoms with Gasteiger partial charge >= 0.3 is 0 Å². The lowest BCUT2D eigenvalue weighted by molar-refractivity contribution is -0.384. The minimum atomic E-state index is -0.362. The molecule has 2 rings (SSSR count). The predicted octanol–water partition coefficient (Wildman–Crippen LogP) is 4.65. The maximum absolute atomic E-state index is 10.9. The number of hydrogen-bond acceptors (Lipinski definition) is 3. The highest BCUT2D eigenvalue weighted by Gasteiger charge is 2.18. The van der Waals surface area contributed by atoms with E-state index in [1.165, 1.54) is 38.2 Å². The number of nitrogens with zero attached hydrogens (tertiary/aromatic N) is 2. The third-order valence-corrected chi connectivity index (χ3v) is 4.64. The van der Waals surface area contributed by atoms with Crippen molar-refractivity contribution in [3.63, 3.8) is 0 Å². The Balaban J connectivity index is 2.01. The Hall–Kier alpha value is -1.13. The third-order valence-electron chi connectivity index (χ3n) is 4.27. The van der Waals surface area contributed by atoms with Gasteiger partial charge in [0.1, 0.15) is 0 Å². The number of hydrogen-bond donors (Lipinski definition) is 0. The van der Waals surface area contributed by atoms with Crippen LogP contribution in [0.15, 0.2) is 18.2 Å². The van der Waals surface area contributed by atoms with Crippen LogP contribution in [-0.4, -0.2) is 22.9 Å². The molecule has 0 spiro atoms. The summed E-state index contributed by atoms with van der Waals surface area (Å²) in [5.74, 6) is 0.834. The molecule has 116 valence electrons. The van der Waals surface area contributed by atoms with Crippen LogP contribution in [0.3, 0.4) is 0 Å². The van der Waals surface area contributed by atoms with Crippen LogP contribution < -0.4 is 0 Å². The van der Waals surface area contributed by atoms with Crippen LogP contribution in [0, 0.1) is 16.0 Å². The Kier molecular flexibility index (Phi) is 6.00. The monoisotopic (exact) mass is 310 g/mol. The predicted molar refractivity (Wildman–Crippen MR) is 85.6 cm³/mol. The summed E-state index contributed by atoms with van der Waals surface area (Å²) in [5.41, 5.74) is 0.980. The minimum absolute atomic E-state index is 0.119. The maximum atomic E-state index is 10.9. The van der Waals surface area contributed by atoms with Crippen LogP contribution in [0.4, 0.5) is 5.69 Å². The maximum Gasteiger partial charge on any atom is 0.269 e. The molecule has 0 amide bonds. The third kappa shape index (κ3) is 4.68. The van der Waals surface area contributed by atoms with Crippen molar-refractivity contribution in [2.45, 2.75) is 45.6 Å². The summed E-state index contributed by atoms with van der Waals surface area (Å²) in [6.07, 6.45) is 6.29. The van der Waals surface area contributed by atoms with Gasteiger partial charge in [-0.1, -0.05) is 31.4 Å². The van der Waals surface area contributed by atoms with Crippen molar-refractivity contribution >= 4 is 17.3 Å². The zero-order valence-electron chi connectivity index (χ0n) is 12.6. The van der Waals surface area contributed by atoms with E-state index < -0.39 is 0 Å². The number of benzene rings is 1. The van der Waals surface area contributed by atoms with E-state index in [0.29, 0.717) is 11.6 Å². The second kappa shape index (κ2) is 7.76. The quantitative estimate of drug-likeness (QED) is 0.587. The Labute approximate surface area is 131 Å². The van der Waals surface area contributed by atoms with E-state index in [9.17, 15) is 10.1 Å². The number of halogens is 1. The molecule has 1 heterocycles. The van der Waals surface area contributed by atoms with E-state index in [1.54, 1.807) is 12.1 Å². The van der Waals surface area contributed by atoms with Gasteiger partial charge < -0.3 is 0 Å². The van der Waals surface area contributed by atoms with Crippen molar-refractivity contribution < 1.29 is 4.92 Å². The highest BCUT2D eigenvalue weighted by atomic mass is 35.5. The van der Waals surface area contributed by atoms with E-state index in [0.717, 1.165) is 24.6 Å². The first-order valence-electron chi connectivity index (χ1n) is 7.75. The van der Waals surface area contributed by atoms with Gasteiger partial charge in [-0.2, -0.15) is 0 Å². The minimum Gasteiger partial charge on any atom is -0.299 e. The van der Waals surface area contributed by atoms with Crippen molar-refractivity contribution in [2.75, 3.05) is 13.1 Å². The fourth-order valence-corrected chi connectivity index (χ4v) is 3.29. The first kappa shape index (κ1) is 16.2. The summed E-state index contributed by atoms with van der Waals surface area (Å²) < 4.78 is 0. The summed E-state index contributed by atoms with van der Waals surface area (Å²) in [4.78, 5) is 12.9. The van der Waals surface area contributed by atoms with Gasteiger partial charge in [0.15, 0.2) is 0 Å². The molecule has 5 heteroatoms. The van der Waals surface area contributed by atoms with E-state index in [4.69, 9.17) is 11.6 Å². The molecule has 1 atom stereocenters. The van der Waals surface area contributed by atoms with E-state index in [2.05, 4.69) is 11.8 Å². The zero-order chi connectivity index (χ0) is 15.2.